The Morgan fingerprint density at radius 2 is 1.32 bits per heavy atom. The Kier molecular flexibility index (Phi) is 5.17. The van der Waals surface area contributed by atoms with Gasteiger partial charge in [-0.15, -0.1) is 0 Å². The Labute approximate surface area is 165 Å². The van der Waals surface area contributed by atoms with Gasteiger partial charge >= 0.3 is 0 Å². The van der Waals surface area contributed by atoms with Crippen molar-refractivity contribution in [3.05, 3.63) is 71.2 Å². The molecule has 0 fully saturated rings. The van der Waals surface area contributed by atoms with Crippen LogP contribution in [0.1, 0.15) is 10.4 Å². The number of halogens is 1. The highest BCUT2D eigenvalue weighted by molar-refractivity contribution is 7.91. The second kappa shape index (κ2) is 7.41. The molecule has 3 rings (SSSR count). The Hall–Kier alpha value is -3.23. The third kappa shape index (κ3) is 3.73. The number of carbonyl (C=O) groups is 1. The average molecular weight is 420 g/mol. The zero-order chi connectivity index (χ0) is 20.5. The van der Waals surface area contributed by atoms with Gasteiger partial charge in [-0.05, 0) is 60.7 Å². The van der Waals surface area contributed by atoms with E-state index < -0.39 is 33.0 Å². The monoisotopic (exact) mass is 419 g/mol. The number of nitrogens with one attached hydrogen (secondary N) is 1. The SMILES string of the molecule is O=C(Nc1ccc(S(=O)(=O)c2ccc(Cl)cc2)cc1)c1ccc(O)c(O)c1O. The lowest BCUT2D eigenvalue weighted by Gasteiger charge is -2.10. The van der Waals surface area contributed by atoms with Crippen LogP contribution >= 0.6 is 11.6 Å². The smallest absolute Gasteiger partial charge is 0.259 e. The van der Waals surface area contributed by atoms with Gasteiger partial charge in [0.2, 0.25) is 15.6 Å². The molecule has 0 spiro atoms. The Morgan fingerprint density at radius 3 is 1.89 bits per heavy atom. The van der Waals surface area contributed by atoms with Crippen LogP contribution in [0.15, 0.2) is 70.5 Å². The van der Waals surface area contributed by atoms with Crippen LogP contribution in [-0.4, -0.2) is 29.6 Å². The van der Waals surface area contributed by atoms with Gasteiger partial charge in [0.05, 0.1) is 15.4 Å². The van der Waals surface area contributed by atoms with Gasteiger partial charge in [0.1, 0.15) is 0 Å². The number of anilines is 1. The van der Waals surface area contributed by atoms with Crippen LogP contribution in [0, 0.1) is 0 Å². The average Bonchev–Trinajstić information content (AvgIpc) is 2.67. The summed E-state index contributed by atoms with van der Waals surface area (Å²) < 4.78 is 25.2. The van der Waals surface area contributed by atoms with Crippen molar-refractivity contribution >= 4 is 33.0 Å². The Balaban J connectivity index is 1.82. The zero-order valence-corrected chi connectivity index (χ0v) is 15.7. The summed E-state index contributed by atoms with van der Waals surface area (Å²) >= 11 is 5.77. The molecule has 1 amide bonds. The summed E-state index contributed by atoms with van der Waals surface area (Å²) in [4.78, 5) is 12.3. The van der Waals surface area contributed by atoms with E-state index in [1.54, 1.807) is 0 Å². The third-order valence-electron chi connectivity index (χ3n) is 3.92. The highest BCUT2D eigenvalue weighted by Crippen LogP contribution is 2.37. The first kappa shape index (κ1) is 19.5. The van der Waals surface area contributed by atoms with Gasteiger partial charge in [-0.1, -0.05) is 11.6 Å². The number of rotatable bonds is 4. The molecule has 4 N–H and O–H groups in total. The highest BCUT2D eigenvalue weighted by atomic mass is 35.5. The number of benzene rings is 3. The van der Waals surface area contributed by atoms with E-state index in [9.17, 15) is 28.5 Å². The topological polar surface area (TPSA) is 124 Å². The van der Waals surface area contributed by atoms with Gasteiger partial charge in [-0.3, -0.25) is 4.79 Å². The number of amides is 1. The number of sulfone groups is 1. The molecule has 0 saturated carbocycles. The first-order chi connectivity index (χ1) is 13.2. The first-order valence-electron chi connectivity index (χ1n) is 7.86. The van der Waals surface area contributed by atoms with E-state index in [0.717, 1.165) is 12.1 Å². The summed E-state index contributed by atoms with van der Waals surface area (Å²) in [7, 11) is -3.74. The van der Waals surface area contributed by atoms with Crippen LogP contribution in [0.25, 0.3) is 0 Å². The lowest BCUT2D eigenvalue weighted by atomic mass is 10.1. The molecule has 28 heavy (non-hydrogen) atoms. The fourth-order valence-corrected chi connectivity index (χ4v) is 3.80. The van der Waals surface area contributed by atoms with Gasteiger partial charge in [0.25, 0.3) is 5.91 Å². The molecule has 0 radical (unpaired) electrons. The molecule has 3 aromatic carbocycles. The quantitative estimate of drug-likeness (QED) is 0.479. The molecule has 0 aliphatic rings. The maximum Gasteiger partial charge on any atom is 0.259 e. The van der Waals surface area contributed by atoms with Crippen molar-refractivity contribution in [1.82, 2.24) is 0 Å². The predicted molar refractivity (Wildman–Crippen MR) is 103 cm³/mol. The van der Waals surface area contributed by atoms with Crippen molar-refractivity contribution in [3.8, 4) is 17.2 Å². The van der Waals surface area contributed by atoms with E-state index in [2.05, 4.69) is 5.32 Å². The minimum Gasteiger partial charge on any atom is -0.504 e. The summed E-state index contributed by atoms with van der Waals surface area (Å²) in [5.41, 5.74) is 0.0141. The summed E-state index contributed by atoms with van der Waals surface area (Å²) in [5, 5.41) is 31.5. The molecule has 0 unspecified atom stereocenters. The normalized spacial score (nSPS) is 11.2. The minimum absolute atomic E-state index is 0.0259. The van der Waals surface area contributed by atoms with Crippen molar-refractivity contribution in [2.24, 2.45) is 0 Å². The molecule has 0 aliphatic carbocycles. The van der Waals surface area contributed by atoms with E-state index in [1.165, 1.54) is 48.5 Å². The van der Waals surface area contributed by atoms with E-state index in [4.69, 9.17) is 11.6 Å². The van der Waals surface area contributed by atoms with E-state index in [0.29, 0.717) is 5.02 Å². The third-order valence-corrected chi connectivity index (χ3v) is 5.96. The molecule has 0 saturated heterocycles. The molecule has 0 bridgehead atoms. The number of hydrogen-bond donors (Lipinski definition) is 4. The maximum absolute atomic E-state index is 12.6. The summed E-state index contributed by atoms with van der Waals surface area (Å²) in [5.74, 6) is -2.89. The van der Waals surface area contributed by atoms with Gasteiger partial charge in [0, 0.05) is 10.7 Å². The summed E-state index contributed by atoms with van der Waals surface area (Å²) in [6.07, 6.45) is 0. The van der Waals surface area contributed by atoms with Crippen molar-refractivity contribution in [1.29, 1.82) is 0 Å². The van der Waals surface area contributed by atoms with Gasteiger partial charge in [0.15, 0.2) is 11.5 Å². The zero-order valence-electron chi connectivity index (χ0n) is 14.1. The molecule has 9 heteroatoms. The second-order valence-electron chi connectivity index (χ2n) is 5.77. The summed E-state index contributed by atoms with van der Waals surface area (Å²) in [6.45, 7) is 0. The maximum atomic E-state index is 12.6. The standard InChI is InChI=1S/C19H14ClNO6S/c20-11-1-5-13(6-2-11)28(26,27)14-7-3-12(4-8-14)21-19(25)15-9-10-16(22)18(24)17(15)23/h1-10,22-24H,(H,21,25). The van der Waals surface area contributed by atoms with Crippen molar-refractivity contribution in [2.75, 3.05) is 5.32 Å². The number of hydrogen-bond acceptors (Lipinski definition) is 6. The fourth-order valence-electron chi connectivity index (χ4n) is 2.42. The number of phenolic OH excluding ortho intramolecular Hbond substituents is 3. The molecule has 7 nitrogen and oxygen atoms in total. The van der Waals surface area contributed by atoms with Crippen LogP contribution in [0.2, 0.25) is 5.02 Å². The fraction of sp³-hybridized carbons (Fsp3) is 0. The first-order valence-corrected chi connectivity index (χ1v) is 9.72. The molecule has 144 valence electrons. The minimum atomic E-state index is -3.74. The lowest BCUT2D eigenvalue weighted by Crippen LogP contribution is -2.12. The lowest BCUT2D eigenvalue weighted by molar-refractivity contribution is 0.102. The number of phenols is 3. The van der Waals surface area contributed by atoms with Gasteiger partial charge < -0.3 is 20.6 Å². The second-order valence-corrected chi connectivity index (χ2v) is 8.15. The van der Waals surface area contributed by atoms with E-state index in [-0.39, 0.29) is 21.0 Å². The molecule has 0 heterocycles. The van der Waals surface area contributed by atoms with Crippen LogP contribution in [0.3, 0.4) is 0 Å². The number of carbonyl (C=O) groups excluding carboxylic acids is 1. The largest absolute Gasteiger partial charge is 0.504 e. The summed E-state index contributed by atoms with van der Waals surface area (Å²) in [6, 6.07) is 13.4. The highest BCUT2D eigenvalue weighted by Gasteiger charge is 2.19. The molecule has 3 aromatic rings. The Morgan fingerprint density at radius 1 is 0.786 bits per heavy atom. The molecular formula is C19H14ClNO6S. The van der Waals surface area contributed by atoms with Gasteiger partial charge in [-0.25, -0.2) is 8.42 Å². The Bertz CT molecular complexity index is 1140. The molecule has 0 atom stereocenters. The van der Waals surface area contributed by atoms with Crippen molar-refractivity contribution in [2.45, 2.75) is 9.79 Å². The predicted octanol–water partition coefficient (Wildman–Crippen LogP) is 3.54. The molecule has 0 aliphatic heterocycles. The van der Waals surface area contributed by atoms with Gasteiger partial charge in [-0.2, -0.15) is 0 Å². The van der Waals surface area contributed by atoms with Crippen molar-refractivity contribution in [3.63, 3.8) is 0 Å². The van der Waals surface area contributed by atoms with Crippen LogP contribution in [-0.2, 0) is 9.84 Å². The molecule has 0 aromatic heterocycles. The van der Waals surface area contributed by atoms with E-state index in [1.807, 2.05) is 0 Å². The van der Waals surface area contributed by atoms with Crippen LogP contribution in [0.4, 0.5) is 5.69 Å². The van der Waals surface area contributed by atoms with Crippen LogP contribution < -0.4 is 5.32 Å². The number of aromatic hydroxyl groups is 3. The van der Waals surface area contributed by atoms with Crippen LogP contribution in [0.5, 0.6) is 17.2 Å². The van der Waals surface area contributed by atoms with Crippen molar-refractivity contribution < 1.29 is 28.5 Å². The van der Waals surface area contributed by atoms with E-state index >= 15 is 0 Å². The molecular weight excluding hydrogens is 406 g/mol.